The Morgan fingerprint density at radius 1 is 1.40 bits per heavy atom. The number of rotatable bonds is 4. The van der Waals surface area contributed by atoms with E-state index in [1.807, 2.05) is 12.3 Å². The minimum absolute atomic E-state index is 0.0985. The van der Waals surface area contributed by atoms with Crippen molar-refractivity contribution in [1.82, 2.24) is 19.5 Å². The lowest BCUT2D eigenvalue weighted by Gasteiger charge is -2.29. The molecule has 2 N–H and O–H groups in total. The second-order valence-corrected chi connectivity index (χ2v) is 6.74. The van der Waals surface area contributed by atoms with Gasteiger partial charge in [0.2, 0.25) is 0 Å². The van der Waals surface area contributed by atoms with E-state index in [0.29, 0.717) is 18.2 Å². The average molecular weight is 337 g/mol. The summed E-state index contributed by atoms with van der Waals surface area (Å²) in [5.74, 6) is 0.155. The number of nitrogens with one attached hydrogen (secondary N) is 1. The average Bonchev–Trinajstić information content (AvgIpc) is 3.19. The van der Waals surface area contributed by atoms with Gasteiger partial charge in [-0.05, 0) is 37.7 Å². The number of imidazole rings is 1. The van der Waals surface area contributed by atoms with Gasteiger partial charge in [-0.15, -0.1) is 0 Å². The van der Waals surface area contributed by atoms with E-state index < -0.39 is 5.97 Å². The number of nitrogens with zero attached hydrogens (tertiary/aromatic N) is 4. The van der Waals surface area contributed by atoms with Crippen LogP contribution in [0.4, 0.5) is 0 Å². The molecule has 3 aromatic heterocycles. The van der Waals surface area contributed by atoms with E-state index in [2.05, 4.69) is 25.6 Å². The third-order valence-electron chi connectivity index (χ3n) is 5.18. The van der Waals surface area contributed by atoms with Crippen LogP contribution in [0.3, 0.4) is 0 Å². The fourth-order valence-corrected chi connectivity index (χ4v) is 4.03. The molecule has 4 rings (SSSR count). The molecule has 3 aromatic rings. The van der Waals surface area contributed by atoms with Crippen LogP contribution in [0.25, 0.3) is 22.1 Å². The zero-order valence-corrected chi connectivity index (χ0v) is 13.8. The molecule has 1 saturated carbocycles. The van der Waals surface area contributed by atoms with Crippen molar-refractivity contribution in [3.05, 3.63) is 24.3 Å². The van der Waals surface area contributed by atoms with Crippen molar-refractivity contribution in [3.8, 4) is 6.07 Å². The smallest absolute Gasteiger partial charge is 0.311 e. The van der Waals surface area contributed by atoms with E-state index in [4.69, 9.17) is 5.26 Å². The van der Waals surface area contributed by atoms with E-state index >= 15 is 0 Å². The summed E-state index contributed by atoms with van der Waals surface area (Å²) in [5.41, 5.74) is 2.49. The molecule has 0 atom stereocenters. The van der Waals surface area contributed by atoms with Crippen LogP contribution in [-0.2, 0) is 11.2 Å². The van der Waals surface area contributed by atoms with Crippen LogP contribution in [0.1, 0.15) is 44.0 Å². The zero-order valence-electron chi connectivity index (χ0n) is 13.8. The SMILES string of the molecule is N#CC[C@H]1CC[C@@H](n2c(CC(=O)O)nc3cnc4[nH]ccc4c32)CC1. The number of carboxylic acid groups (broad SMARTS) is 1. The molecule has 3 heterocycles. The number of hydrogen-bond acceptors (Lipinski definition) is 4. The maximum absolute atomic E-state index is 11.3. The van der Waals surface area contributed by atoms with Gasteiger partial charge in [0.1, 0.15) is 23.4 Å². The number of H-pyrrole nitrogens is 1. The Bertz CT molecular complexity index is 973. The van der Waals surface area contributed by atoms with E-state index in [0.717, 1.165) is 47.8 Å². The topological polar surface area (TPSA) is 108 Å². The number of hydrogen-bond donors (Lipinski definition) is 2. The number of fused-ring (bicyclic) bond motifs is 3. The van der Waals surface area contributed by atoms with Gasteiger partial charge in [-0.25, -0.2) is 9.97 Å². The molecule has 0 radical (unpaired) electrons. The molecular formula is C18H19N5O2. The summed E-state index contributed by atoms with van der Waals surface area (Å²) in [6.07, 6.45) is 7.92. The molecule has 0 amide bonds. The molecule has 25 heavy (non-hydrogen) atoms. The monoisotopic (exact) mass is 337 g/mol. The van der Waals surface area contributed by atoms with Crippen LogP contribution < -0.4 is 0 Å². The Morgan fingerprint density at radius 2 is 2.20 bits per heavy atom. The van der Waals surface area contributed by atoms with Gasteiger partial charge in [0, 0.05) is 24.0 Å². The van der Waals surface area contributed by atoms with Gasteiger partial charge in [0.05, 0.1) is 17.8 Å². The predicted molar refractivity (Wildman–Crippen MR) is 91.9 cm³/mol. The molecule has 1 fully saturated rings. The van der Waals surface area contributed by atoms with Crippen molar-refractivity contribution >= 4 is 28.0 Å². The summed E-state index contributed by atoms with van der Waals surface area (Å²) >= 11 is 0. The van der Waals surface area contributed by atoms with E-state index in [1.165, 1.54) is 0 Å². The number of nitriles is 1. The van der Waals surface area contributed by atoms with E-state index in [9.17, 15) is 9.90 Å². The third-order valence-corrected chi connectivity index (χ3v) is 5.18. The maximum atomic E-state index is 11.3. The van der Waals surface area contributed by atoms with Crippen molar-refractivity contribution in [3.63, 3.8) is 0 Å². The van der Waals surface area contributed by atoms with Gasteiger partial charge >= 0.3 is 5.97 Å². The lowest BCUT2D eigenvalue weighted by atomic mass is 9.84. The van der Waals surface area contributed by atoms with Crippen molar-refractivity contribution in [2.24, 2.45) is 5.92 Å². The normalized spacial score (nSPS) is 20.8. The molecule has 1 aliphatic rings. The van der Waals surface area contributed by atoms with Gasteiger partial charge in [0.25, 0.3) is 0 Å². The van der Waals surface area contributed by atoms with Crippen molar-refractivity contribution in [2.45, 2.75) is 44.6 Å². The van der Waals surface area contributed by atoms with E-state index in [-0.39, 0.29) is 12.5 Å². The molecule has 7 heteroatoms. The second-order valence-electron chi connectivity index (χ2n) is 6.74. The number of aromatic amines is 1. The molecular weight excluding hydrogens is 318 g/mol. The van der Waals surface area contributed by atoms with Gasteiger partial charge < -0.3 is 14.7 Å². The van der Waals surface area contributed by atoms with Crippen LogP contribution >= 0.6 is 0 Å². The molecule has 0 bridgehead atoms. The standard InChI is InChI=1S/C18H19N5O2/c19-7-5-11-1-3-12(4-2-11)23-15(9-16(24)25)22-14-10-21-18-13(17(14)23)6-8-20-18/h6,8,10-12H,1-5,9H2,(H,20,21)(H,24,25)/t11-,12+. The second kappa shape index (κ2) is 6.20. The highest BCUT2D eigenvalue weighted by Crippen LogP contribution is 2.37. The summed E-state index contributed by atoms with van der Waals surface area (Å²) in [6.45, 7) is 0. The molecule has 0 aliphatic heterocycles. The highest BCUT2D eigenvalue weighted by atomic mass is 16.4. The minimum Gasteiger partial charge on any atom is -0.481 e. The molecule has 0 spiro atoms. The lowest BCUT2D eigenvalue weighted by molar-refractivity contribution is -0.136. The first-order valence-corrected chi connectivity index (χ1v) is 8.59. The summed E-state index contributed by atoms with van der Waals surface area (Å²) in [5, 5.41) is 19.2. The Hall–Kier alpha value is -2.88. The van der Waals surface area contributed by atoms with Crippen LogP contribution in [0.2, 0.25) is 0 Å². The third kappa shape index (κ3) is 2.74. The van der Waals surface area contributed by atoms with Gasteiger partial charge in [-0.3, -0.25) is 4.79 Å². The summed E-state index contributed by atoms with van der Waals surface area (Å²) in [6, 6.07) is 4.45. The number of carboxylic acids is 1. The van der Waals surface area contributed by atoms with Crippen LogP contribution in [0.5, 0.6) is 0 Å². The van der Waals surface area contributed by atoms with E-state index in [1.54, 1.807) is 6.20 Å². The Labute approximate surface area is 144 Å². The van der Waals surface area contributed by atoms with Crippen LogP contribution in [0, 0.1) is 17.2 Å². The number of aromatic nitrogens is 4. The van der Waals surface area contributed by atoms with Crippen LogP contribution in [-0.4, -0.2) is 30.6 Å². The summed E-state index contributed by atoms with van der Waals surface area (Å²) in [4.78, 5) is 23.4. The number of pyridine rings is 1. The first-order chi connectivity index (χ1) is 12.2. The fourth-order valence-electron chi connectivity index (χ4n) is 4.03. The quantitative estimate of drug-likeness (QED) is 0.760. The Morgan fingerprint density at radius 3 is 2.92 bits per heavy atom. The lowest BCUT2D eigenvalue weighted by Crippen LogP contribution is -2.21. The van der Waals surface area contributed by atoms with Crippen molar-refractivity contribution in [2.75, 3.05) is 0 Å². The van der Waals surface area contributed by atoms with Crippen molar-refractivity contribution in [1.29, 1.82) is 5.26 Å². The first kappa shape index (κ1) is 15.6. The van der Waals surface area contributed by atoms with Gasteiger partial charge in [-0.1, -0.05) is 0 Å². The molecule has 0 saturated heterocycles. The zero-order chi connectivity index (χ0) is 17.4. The number of carbonyl (C=O) groups is 1. The Balaban J connectivity index is 1.81. The summed E-state index contributed by atoms with van der Waals surface area (Å²) < 4.78 is 2.11. The molecule has 7 nitrogen and oxygen atoms in total. The van der Waals surface area contributed by atoms with Crippen LogP contribution in [0.15, 0.2) is 18.5 Å². The molecule has 1 aliphatic carbocycles. The van der Waals surface area contributed by atoms with Gasteiger partial charge in [0.15, 0.2) is 0 Å². The number of aliphatic carboxylic acids is 1. The Kier molecular flexibility index (Phi) is 3.88. The summed E-state index contributed by atoms with van der Waals surface area (Å²) in [7, 11) is 0. The minimum atomic E-state index is -0.881. The van der Waals surface area contributed by atoms with Crippen molar-refractivity contribution < 1.29 is 9.90 Å². The first-order valence-electron chi connectivity index (χ1n) is 8.59. The molecule has 128 valence electrons. The molecule has 0 aromatic carbocycles. The highest BCUT2D eigenvalue weighted by Gasteiger charge is 2.27. The highest BCUT2D eigenvalue weighted by molar-refractivity contribution is 6.01. The largest absolute Gasteiger partial charge is 0.481 e. The molecule has 0 unspecified atom stereocenters. The fraction of sp³-hybridized carbons (Fsp3) is 0.444. The predicted octanol–water partition coefficient (Wildman–Crippen LogP) is 3.18. The van der Waals surface area contributed by atoms with Gasteiger partial charge in [-0.2, -0.15) is 5.26 Å². The maximum Gasteiger partial charge on any atom is 0.311 e.